The number of carbonyl (C=O) groups is 1. The normalized spacial score (nSPS) is 12.6. The van der Waals surface area contributed by atoms with Crippen molar-refractivity contribution in [1.82, 2.24) is 4.90 Å². The van der Waals surface area contributed by atoms with Crippen molar-refractivity contribution in [2.24, 2.45) is 0 Å². The second kappa shape index (κ2) is 5.31. The molecule has 0 amide bonds. The average Bonchev–Trinajstić information content (AvgIpc) is 2.43. The Balaban J connectivity index is 1.90. The van der Waals surface area contributed by atoms with Crippen molar-refractivity contribution in [1.29, 1.82) is 0 Å². The number of nitrogens with one attached hydrogen (secondary N) is 1. The van der Waals surface area contributed by atoms with Gasteiger partial charge in [0.1, 0.15) is 0 Å². The molecule has 1 N–H and O–H groups in total. The van der Waals surface area contributed by atoms with Gasteiger partial charge in [-0.15, -0.1) is 0 Å². The number of benzene rings is 2. The lowest BCUT2D eigenvalue weighted by Crippen LogP contribution is -2.21. The first-order valence-corrected chi connectivity index (χ1v) is 7.31. The van der Waals surface area contributed by atoms with Gasteiger partial charge in [0.25, 0.3) is 0 Å². The largest absolute Gasteiger partial charge is 0.354 e. The highest BCUT2D eigenvalue weighted by Gasteiger charge is 2.17. The van der Waals surface area contributed by atoms with E-state index in [1.807, 2.05) is 49.3 Å². The number of Topliss-reactive ketones (excluding diaryl/α,β-unsaturated/α-hetero) is 1. The smallest absolute Gasteiger partial charge is 0.176 e. The van der Waals surface area contributed by atoms with Crippen LogP contribution in [0.15, 0.2) is 52.3 Å². The summed E-state index contributed by atoms with van der Waals surface area (Å²) in [4.78, 5) is 16.4. The Hall–Kier alpha value is -1.78. The third-order valence-electron chi connectivity index (χ3n) is 3.14. The van der Waals surface area contributed by atoms with Crippen molar-refractivity contribution in [3.05, 3.63) is 48.0 Å². The van der Waals surface area contributed by atoms with E-state index in [9.17, 15) is 4.79 Å². The van der Waals surface area contributed by atoms with Crippen molar-refractivity contribution in [3.8, 4) is 0 Å². The molecule has 20 heavy (non-hydrogen) atoms. The van der Waals surface area contributed by atoms with Gasteiger partial charge in [-0.1, -0.05) is 30.0 Å². The number of ketones is 1. The molecule has 2 aromatic carbocycles. The van der Waals surface area contributed by atoms with Gasteiger partial charge < -0.3 is 10.2 Å². The number of likely N-dealkylation sites (N-methyl/N-ethyl adjacent to an activating group) is 1. The topological polar surface area (TPSA) is 32.3 Å². The van der Waals surface area contributed by atoms with Crippen molar-refractivity contribution >= 4 is 28.9 Å². The van der Waals surface area contributed by atoms with Gasteiger partial charge in [0, 0.05) is 15.4 Å². The Bertz CT molecular complexity index is 667. The summed E-state index contributed by atoms with van der Waals surface area (Å²) in [5, 5.41) is 3.40. The predicted octanol–water partition coefficient (Wildman–Crippen LogP) is 3.64. The number of rotatable bonds is 3. The summed E-state index contributed by atoms with van der Waals surface area (Å²) >= 11 is 1.73. The molecule has 4 heteroatoms. The molecular formula is C16H16N2OS. The van der Waals surface area contributed by atoms with Crippen molar-refractivity contribution in [2.75, 3.05) is 26.0 Å². The number of fused-ring (bicyclic) bond motifs is 2. The van der Waals surface area contributed by atoms with Crippen LogP contribution < -0.4 is 5.32 Å². The highest BCUT2D eigenvalue weighted by atomic mass is 32.2. The summed E-state index contributed by atoms with van der Waals surface area (Å²) in [6, 6.07) is 14.1. The quantitative estimate of drug-likeness (QED) is 0.744. The van der Waals surface area contributed by atoms with Crippen LogP contribution in [0, 0.1) is 0 Å². The molecule has 0 fully saturated rings. The standard InChI is InChI=1S/C16H16N2OS/c1-18(2)10-14(19)11-7-8-16-13(9-11)17-12-5-3-4-6-15(12)20-16/h3-9,17H,10H2,1-2H3. The number of nitrogens with zero attached hydrogens (tertiary/aromatic N) is 1. The Morgan fingerprint density at radius 3 is 2.65 bits per heavy atom. The predicted molar refractivity (Wildman–Crippen MR) is 83.2 cm³/mol. The van der Waals surface area contributed by atoms with E-state index < -0.39 is 0 Å². The summed E-state index contributed by atoms with van der Waals surface area (Å²) < 4.78 is 0. The van der Waals surface area contributed by atoms with Crippen molar-refractivity contribution < 1.29 is 4.79 Å². The summed E-state index contributed by atoms with van der Waals surface area (Å²) in [6.07, 6.45) is 0. The van der Waals surface area contributed by atoms with Crippen LogP contribution in [0.4, 0.5) is 11.4 Å². The summed E-state index contributed by atoms with van der Waals surface area (Å²) in [5.74, 6) is 0.142. The van der Waals surface area contributed by atoms with E-state index >= 15 is 0 Å². The molecule has 0 saturated heterocycles. The number of hydrogen-bond acceptors (Lipinski definition) is 4. The molecule has 3 nitrogen and oxygen atoms in total. The number of para-hydroxylation sites is 1. The molecule has 0 aliphatic carbocycles. The average molecular weight is 284 g/mol. The molecule has 3 rings (SSSR count). The molecule has 1 heterocycles. The molecule has 1 aliphatic rings. The number of anilines is 2. The fraction of sp³-hybridized carbons (Fsp3) is 0.188. The Labute approximate surface area is 123 Å². The van der Waals surface area contributed by atoms with E-state index in [4.69, 9.17) is 0 Å². The minimum Gasteiger partial charge on any atom is -0.354 e. The van der Waals surface area contributed by atoms with Crippen LogP contribution in [0.2, 0.25) is 0 Å². The Morgan fingerprint density at radius 1 is 1.10 bits per heavy atom. The highest BCUT2D eigenvalue weighted by Crippen LogP contribution is 2.44. The lowest BCUT2D eigenvalue weighted by molar-refractivity contribution is 0.0958. The SMILES string of the molecule is CN(C)CC(=O)c1ccc2c(c1)Nc1ccccc1S2. The monoisotopic (exact) mass is 284 g/mol. The summed E-state index contributed by atoms with van der Waals surface area (Å²) in [6.45, 7) is 0.433. The maximum atomic E-state index is 12.1. The number of carbonyl (C=O) groups excluding carboxylic acids is 1. The van der Waals surface area contributed by atoms with E-state index in [2.05, 4.69) is 17.4 Å². The lowest BCUT2D eigenvalue weighted by atomic mass is 10.1. The molecule has 0 spiro atoms. The molecule has 0 saturated carbocycles. The zero-order chi connectivity index (χ0) is 14.1. The first-order chi connectivity index (χ1) is 9.63. The molecule has 102 valence electrons. The minimum absolute atomic E-state index is 0.142. The fourth-order valence-corrected chi connectivity index (χ4v) is 3.16. The van der Waals surface area contributed by atoms with Crippen LogP contribution in [0.1, 0.15) is 10.4 Å². The molecule has 2 aromatic rings. The van der Waals surface area contributed by atoms with Gasteiger partial charge >= 0.3 is 0 Å². The van der Waals surface area contributed by atoms with Crippen LogP contribution in [0.25, 0.3) is 0 Å². The summed E-state index contributed by atoms with van der Waals surface area (Å²) in [5.41, 5.74) is 2.87. The fourth-order valence-electron chi connectivity index (χ4n) is 2.19. The molecule has 0 bridgehead atoms. The molecular weight excluding hydrogens is 268 g/mol. The molecule has 0 radical (unpaired) electrons. The van der Waals surface area contributed by atoms with Crippen LogP contribution in [0.5, 0.6) is 0 Å². The second-order valence-electron chi connectivity index (χ2n) is 5.10. The van der Waals surface area contributed by atoms with Gasteiger partial charge in [-0.25, -0.2) is 0 Å². The molecule has 0 unspecified atom stereocenters. The van der Waals surface area contributed by atoms with Crippen LogP contribution >= 0.6 is 11.8 Å². The maximum absolute atomic E-state index is 12.1. The Kier molecular flexibility index (Phi) is 3.51. The van der Waals surface area contributed by atoms with E-state index in [1.165, 1.54) is 4.90 Å². The van der Waals surface area contributed by atoms with E-state index in [0.29, 0.717) is 6.54 Å². The van der Waals surface area contributed by atoms with E-state index in [1.54, 1.807) is 11.8 Å². The number of hydrogen-bond donors (Lipinski definition) is 1. The van der Waals surface area contributed by atoms with Gasteiger partial charge in [0.05, 0.1) is 17.9 Å². The molecule has 0 aromatic heterocycles. The van der Waals surface area contributed by atoms with Crippen LogP contribution in [0.3, 0.4) is 0 Å². The zero-order valence-electron chi connectivity index (χ0n) is 11.5. The van der Waals surface area contributed by atoms with Crippen molar-refractivity contribution in [3.63, 3.8) is 0 Å². The van der Waals surface area contributed by atoms with Gasteiger partial charge in [0.2, 0.25) is 0 Å². The first-order valence-electron chi connectivity index (χ1n) is 6.49. The van der Waals surface area contributed by atoms with Crippen LogP contribution in [-0.2, 0) is 0 Å². The third kappa shape index (κ3) is 2.57. The third-order valence-corrected chi connectivity index (χ3v) is 4.29. The van der Waals surface area contributed by atoms with Gasteiger partial charge in [0.15, 0.2) is 5.78 Å². The van der Waals surface area contributed by atoms with E-state index in [-0.39, 0.29) is 5.78 Å². The Morgan fingerprint density at radius 2 is 1.85 bits per heavy atom. The highest BCUT2D eigenvalue weighted by molar-refractivity contribution is 7.99. The van der Waals surface area contributed by atoms with Crippen molar-refractivity contribution in [2.45, 2.75) is 9.79 Å². The molecule has 0 atom stereocenters. The maximum Gasteiger partial charge on any atom is 0.176 e. The van der Waals surface area contributed by atoms with E-state index in [0.717, 1.165) is 21.8 Å². The van der Waals surface area contributed by atoms with Gasteiger partial charge in [-0.05, 0) is 38.4 Å². The first kappa shape index (κ1) is 13.2. The van der Waals surface area contributed by atoms with Gasteiger partial charge in [-0.3, -0.25) is 4.79 Å². The lowest BCUT2D eigenvalue weighted by Gasteiger charge is -2.21. The summed E-state index contributed by atoms with van der Waals surface area (Å²) in [7, 11) is 3.81. The second-order valence-corrected chi connectivity index (χ2v) is 6.18. The van der Waals surface area contributed by atoms with Gasteiger partial charge in [-0.2, -0.15) is 0 Å². The van der Waals surface area contributed by atoms with Crippen LogP contribution in [-0.4, -0.2) is 31.3 Å². The zero-order valence-corrected chi connectivity index (χ0v) is 12.3. The minimum atomic E-state index is 0.142. The molecule has 1 aliphatic heterocycles.